The number of anilines is 1. The highest BCUT2D eigenvalue weighted by atomic mass is 16.5. The van der Waals surface area contributed by atoms with Crippen LogP contribution in [-0.4, -0.2) is 49.4 Å². The maximum absolute atomic E-state index is 12.3. The standard InChI is InChI=1S/C18H24N2O3/c1-2-16(21)14-6-7-17-15(12-14)20(18(22)13-23-17)11-10-19-8-4-3-5-9-19/h6-7,12H,2-5,8-11,13H2,1H3. The minimum Gasteiger partial charge on any atom is -0.482 e. The third-order valence-corrected chi connectivity index (χ3v) is 4.63. The fourth-order valence-electron chi connectivity index (χ4n) is 3.25. The molecule has 2 aliphatic rings. The molecule has 3 rings (SSSR count). The number of carbonyl (C=O) groups excluding carboxylic acids is 2. The number of piperidine rings is 1. The van der Waals surface area contributed by atoms with E-state index in [1.807, 2.05) is 6.92 Å². The number of Topliss-reactive ketones (excluding diaryl/α,β-unsaturated/α-hetero) is 1. The Labute approximate surface area is 137 Å². The molecule has 0 aliphatic carbocycles. The molecule has 0 unspecified atom stereocenters. The van der Waals surface area contributed by atoms with Gasteiger partial charge in [-0.3, -0.25) is 9.59 Å². The van der Waals surface area contributed by atoms with Gasteiger partial charge in [0.1, 0.15) is 5.75 Å². The fraction of sp³-hybridized carbons (Fsp3) is 0.556. The summed E-state index contributed by atoms with van der Waals surface area (Å²) in [6, 6.07) is 5.39. The summed E-state index contributed by atoms with van der Waals surface area (Å²) in [6.45, 7) is 5.67. The first-order chi connectivity index (χ1) is 11.2. The predicted octanol–water partition coefficient (Wildman–Crippen LogP) is 2.49. The van der Waals surface area contributed by atoms with Gasteiger partial charge in [0.2, 0.25) is 0 Å². The van der Waals surface area contributed by atoms with Crippen LogP contribution in [0.4, 0.5) is 5.69 Å². The van der Waals surface area contributed by atoms with Crippen LogP contribution in [0.25, 0.3) is 0 Å². The third-order valence-electron chi connectivity index (χ3n) is 4.63. The van der Waals surface area contributed by atoms with Gasteiger partial charge in [-0.2, -0.15) is 0 Å². The summed E-state index contributed by atoms with van der Waals surface area (Å²) in [5.41, 5.74) is 1.38. The van der Waals surface area contributed by atoms with E-state index in [2.05, 4.69) is 4.90 Å². The van der Waals surface area contributed by atoms with Crippen LogP contribution in [0.2, 0.25) is 0 Å². The summed E-state index contributed by atoms with van der Waals surface area (Å²) in [7, 11) is 0. The van der Waals surface area contributed by atoms with Crippen molar-refractivity contribution in [2.75, 3.05) is 37.7 Å². The summed E-state index contributed by atoms with van der Waals surface area (Å²) in [5.74, 6) is 0.744. The van der Waals surface area contributed by atoms with Crippen molar-refractivity contribution in [3.8, 4) is 5.75 Å². The number of amides is 1. The lowest BCUT2D eigenvalue weighted by Crippen LogP contribution is -2.44. The van der Waals surface area contributed by atoms with Crippen LogP contribution in [0.1, 0.15) is 43.0 Å². The first-order valence-electron chi connectivity index (χ1n) is 8.52. The highest BCUT2D eigenvalue weighted by Gasteiger charge is 2.26. The monoisotopic (exact) mass is 316 g/mol. The number of benzene rings is 1. The molecule has 0 bridgehead atoms. The summed E-state index contributed by atoms with van der Waals surface area (Å²) in [5, 5.41) is 0. The molecule has 0 saturated carbocycles. The second-order valence-electron chi connectivity index (χ2n) is 6.20. The first kappa shape index (κ1) is 16.0. The van der Waals surface area contributed by atoms with Gasteiger partial charge in [-0.1, -0.05) is 13.3 Å². The number of hydrogen-bond acceptors (Lipinski definition) is 4. The van der Waals surface area contributed by atoms with Crippen molar-refractivity contribution in [1.29, 1.82) is 0 Å². The lowest BCUT2D eigenvalue weighted by atomic mass is 10.1. The zero-order chi connectivity index (χ0) is 16.2. The average Bonchev–Trinajstić information content (AvgIpc) is 2.60. The van der Waals surface area contributed by atoms with Crippen molar-refractivity contribution in [1.82, 2.24) is 4.90 Å². The van der Waals surface area contributed by atoms with Crippen molar-refractivity contribution < 1.29 is 14.3 Å². The molecule has 0 radical (unpaired) electrons. The smallest absolute Gasteiger partial charge is 0.265 e. The molecule has 5 heteroatoms. The van der Waals surface area contributed by atoms with E-state index in [0.717, 1.165) is 25.3 Å². The molecule has 5 nitrogen and oxygen atoms in total. The van der Waals surface area contributed by atoms with Gasteiger partial charge in [0, 0.05) is 25.1 Å². The van der Waals surface area contributed by atoms with Crippen LogP contribution < -0.4 is 9.64 Å². The van der Waals surface area contributed by atoms with Crippen LogP contribution in [0, 0.1) is 0 Å². The molecule has 0 aromatic heterocycles. The number of ketones is 1. The highest BCUT2D eigenvalue weighted by Crippen LogP contribution is 2.33. The van der Waals surface area contributed by atoms with Crippen LogP contribution in [-0.2, 0) is 4.79 Å². The maximum atomic E-state index is 12.3. The molecule has 23 heavy (non-hydrogen) atoms. The second-order valence-corrected chi connectivity index (χ2v) is 6.20. The zero-order valence-electron chi connectivity index (χ0n) is 13.7. The zero-order valence-corrected chi connectivity index (χ0v) is 13.7. The Morgan fingerprint density at radius 2 is 1.96 bits per heavy atom. The molecule has 1 aromatic carbocycles. The number of carbonyl (C=O) groups is 2. The van der Waals surface area contributed by atoms with Crippen molar-refractivity contribution in [3.05, 3.63) is 23.8 Å². The molecule has 0 spiro atoms. The van der Waals surface area contributed by atoms with Crippen molar-refractivity contribution in [3.63, 3.8) is 0 Å². The number of fused-ring (bicyclic) bond motifs is 1. The minimum absolute atomic E-state index is 0.0318. The highest BCUT2D eigenvalue weighted by molar-refractivity contribution is 6.01. The molecule has 1 aromatic rings. The van der Waals surface area contributed by atoms with E-state index in [9.17, 15) is 9.59 Å². The Hall–Kier alpha value is -1.88. The van der Waals surface area contributed by atoms with Gasteiger partial charge < -0.3 is 14.5 Å². The van der Waals surface area contributed by atoms with E-state index in [4.69, 9.17) is 4.74 Å². The summed E-state index contributed by atoms with van der Waals surface area (Å²) in [4.78, 5) is 28.4. The molecule has 0 N–H and O–H groups in total. The van der Waals surface area contributed by atoms with Gasteiger partial charge in [0.15, 0.2) is 12.4 Å². The van der Waals surface area contributed by atoms with Gasteiger partial charge in [-0.15, -0.1) is 0 Å². The molecule has 1 saturated heterocycles. The molecule has 2 aliphatic heterocycles. The Morgan fingerprint density at radius 1 is 1.17 bits per heavy atom. The molecule has 1 fully saturated rings. The number of hydrogen-bond donors (Lipinski definition) is 0. The number of rotatable bonds is 5. The SMILES string of the molecule is CCC(=O)c1ccc2c(c1)N(CCN1CCCCC1)C(=O)CO2. The van der Waals surface area contributed by atoms with Crippen molar-refractivity contribution in [2.45, 2.75) is 32.6 Å². The van der Waals surface area contributed by atoms with E-state index in [1.54, 1.807) is 23.1 Å². The Balaban J connectivity index is 1.77. The summed E-state index contributed by atoms with van der Waals surface area (Å²) < 4.78 is 5.51. The second kappa shape index (κ2) is 7.13. The lowest BCUT2D eigenvalue weighted by Gasteiger charge is -2.33. The Bertz CT molecular complexity index is 594. The van der Waals surface area contributed by atoms with Crippen LogP contribution in [0.15, 0.2) is 18.2 Å². The van der Waals surface area contributed by atoms with Gasteiger partial charge in [0.05, 0.1) is 5.69 Å². The van der Waals surface area contributed by atoms with E-state index in [1.165, 1.54) is 19.3 Å². The van der Waals surface area contributed by atoms with Gasteiger partial charge in [-0.25, -0.2) is 0 Å². The Kier molecular flexibility index (Phi) is 4.96. The van der Waals surface area contributed by atoms with Crippen LogP contribution in [0.3, 0.4) is 0 Å². The van der Waals surface area contributed by atoms with Gasteiger partial charge in [0.25, 0.3) is 5.91 Å². The van der Waals surface area contributed by atoms with Crippen LogP contribution >= 0.6 is 0 Å². The number of nitrogens with zero attached hydrogens (tertiary/aromatic N) is 2. The maximum Gasteiger partial charge on any atom is 0.265 e. The number of ether oxygens (including phenoxy) is 1. The number of likely N-dealkylation sites (tertiary alicyclic amines) is 1. The van der Waals surface area contributed by atoms with Gasteiger partial charge >= 0.3 is 0 Å². The van der Waals surface area contributed by atoms with Crippen molar-refractivity contribution in [2.24, 2.45) is 0 Å². The van der Waals surface area contributed by atoms with Gasteiger partial charge in [-0.05, 0) is 44.1 Å². The molecular formula is C18H24N2O3. The largest absolute Gasteiger partial charge is 0.482 e. The predicted molar refractivity (Wildman–Crippen MR) is 89.2 cm³/mol. The normalized spacial score (nSPS) is 18.5. The first-order valence-corrected chi connectivity index (χ1v) is 8.52. The summed E-state index contributed by atoms with van der Waals surface area (Å²) >= 11 is 0. The quantitative estimate of drug-likeness (QED) is 0.783. The van der Waals surface area contributed by atoms with Crippen LogP contribution in [0.5, 0.6) is 5.75 Å². The van der Waals surface area contributed by atoms with Crippen molar-refractivity contribution >= 4 is 17.4 Å². The van der Waals surface area contributed by atoms with E-state index in [-0.39, 0.29) is 18.3 Å². The fourth-order valence-corrected chi connectivity index (χ4v) is 3.25. The summed E-state index contributed by atoms with van der Waals surface area (Å²) in [6.07, 6.45) is 4.24. The molecule has 0 atom stereocenters. The average molecular weight is 316 g/mol. The minimum atomic E-state index is -0.0318. The van der Waals surface area contributed by atoms with E-state index >= 15 is 0 Å². The molecule has 2 heterocycles. The van der Waals surface area contributed by atoms with E-state index < -0.39 is 0 Å². The topological polar surface area (TPSA) is 49.9 Å². The molecule has 124 valence electrons. The molecular weight excluding hydrogens is 292 g/mol. The van der Waals surface area contributed by atoms with E-state index in [0.29, 0.717) is 24.3 Å². The lowest BCUT2D eigenvalue weighted by molar-refractivity contribution is -0.121. The Morgan fingerprint density at radius 3 is 2.70 bits per heavy atom. The third kappa shape index (κ3) is 3.55. The molecule has 1 amide bonds.